The molecule has 1 amide bonds. The topological polar surface area (TPSA) is 70.9 Å². The van der Waals surface area contributed by atoms with Gasteiger partial charge in [-0.25, -0.2) is 4.79 Å². The van der Waals surface area contributed by atoms with E-state index in [9.17, 15) is 9.90 Å². The molecule has 0 aromatic heterocycles. The van der Waals surface area contributed by atoms with Gasteiger partial charge in [-0.05, 0) is 48.2 Å². The lowest BCUT2D eigenvalue weighted by Crippen LogP contribution is -2.22. The van der Waals surface area contributed by atoms with Gasteiger partial charge in [0.2, 0.25) is 0 Å². The van der Waals surface area contributed by atoms with Gasteiger partial charge in [0.15, 0.2) is 0 Å². The molecule has 24 heavy (non-hydrogen) atoms. The Hall–Kier alpha value is -2.82. The Morgan fingerprint density at radius 2 is 2.00 bits per heavy atom. The molecule has 0 unspecified atom stereocenters. The van der Waals surface area contributed by atoms with Gasteiger partial charge < -0.3 is 15.2 Å². The average molecular weight is 326 g/mol. The number of aliphatic imine (C=N–C) groups is 1. The normalized spacial score (nSPS) is 11.0. The number of amides is 1. The summed E-state index contributed by atoms with van der Waals surface area (Å²) in [6.45, 7) is 6.02. The smallest absolute Gasteiger partial charge is 0.412 e. The molecule has 2 rings (SSSR count). The van der Waals surface area contributed by atoms with Crippen LogP contribution in [0.15, 0.2) is 41.4 Å². The third kappa shape index (κ3) is 4.13. The lowest BCUT2D eigenvalue weighted by molar-refractivity contribution is 0.203. The molecular formula is C19H22N2O3. The molecule has 0 aliphatic heterocycles. The summed E-state index contributed by atoms with van der Waals surface area (Å²) in [5.41, 5.74) is 3.34. The number of aryl methyl sites for hydroxylation is 1. The lowest BCUT2D eigenvalue weighted by atomic mass is 9.98. The van der Waals surface area contributed by atoms with Gasteiger partial charge in [-0.2, -0.15) is 0 Å². The van der Waals surface area contributed by atoms with Crippen molar-refractivity contribution < 1.29 is 14.6 Å². The van der Waals surface area contributed by atoms with Crippen LogP contribution in [0.5, 0.6) is 11.5 Å². The maximum absolute atomic E-state index is 11.4. The van der Waals surface area contributed by atoms with Crippen molar-refractivity contribution in [1.29, 1.82) is 0 Å². The molecule has 0 bridgehead atoms. The fourth-order valence-corrected chi connectivity index (χ4v) is 2.34. The molecule has 0 aliphatic carbocycles. The summed E-state index contributed by atoms with van der Waals surface area (Å²) in [5, 5.41) is 12.3. The number of carbonyl (C=O) groups excluding carboxylic acids is 1. The number of aromatic hydroxyl groups is 1. The lowest BCUT2D eigenvalue weighted by Gasteiger charge is -2.14. The Morgan fingerprint density at radius 1 is 1.29 bits per heavy atom. The molecule has 2 N–H and O–H groups in total. The van der Waals surface area contributed by atoms with Crippen molar-refractivity contribution in [3.8, 4) is 11.5 Å². The zero-order chi connectivity index (χ0) is 17.7. The van der Waals surface area contributed by atoms with Crippen LogP contribution in [-0.4, -0.2) is 24.5 Å². The highest BCUT2D eigenvalue weighted by molar-refractivity contribution is 5.86. The number of hydrogen-bond acceptors (Lipinski definition) is 4. The van der Waals surface area contributed by atoms with Gasteiger partial charge in [-0.15, -0.1) is 0 Å². The quantitative estimate of drug-likeness (QED) is 0.823. The summed E-state index contributed by atoms with van der Waals surface area (Å²) in [5.74, 6) is 0.870. The molecule has 2 aromatic rings. The second-order valence-electron chi connectivity index (χ2n) is 5.79. The third-order valence-corrected chi connectivity index (χ3v) is 3.61. The van der Waals surface area contributed by atoms with Crippen LogP contribution in [0.4, 0.5) is 10.5 Å². The van der Waals surface area contributed by atoms with Crippen LogP contribution in [-0.2, 0) is 0 Å². The summed E-state index contributed by atoms with van der Waals surface area (Å²) in [6.07, 6.45) is 1.14. The molecule has 0 saturated carbocycles. The Balaban J connectivity index is 2.42. The van der Waals surface area contributed by atoms with Crippen molar-refractivity contribution in [3.05, 3.63) is 53.1 Å². The zero-order valence-corrected chi connectivity index (χ0v) is 14.3. The van der Waals surface area contributed by atoms with E-state index >= 15 is 0 Å². The Morgan fingerprint density at radius 3 is 2.62 bits per heavy atom. The number of phenols is 1. The number of nitrogens with one attached hydrogen (secondary N) is 1. The van der Waals surface area contributed by atoms with Gasteiger partial charge in [0.25, 0.3) is 0 Å². The predicted octanol–water partition coefficient (Wildman–Crippen LogP) is 4.29. The molecule has 0 saturated heterocycles. The third-order valence-electron chi connectivity index (χ3n) is 3.61. The summed E-state index contributed by atoms with van der Waals surface area (Å²) < 4.78 is 5.23. The van der Waals surface area contributed by atoms with Crippen LogP contribution < -0.4 is 10.1 Å². The van der Waals surface area contributed by atoms with Gasteiger partial charge in [0.05, 0.1) is 5.69 Å². The molecule has 126 valence electrons. The van der Waals surface area contributed by atoms with Gasteiger partial charge in [0, 0.05) is 18.8 Å². The van der Waals surface area contributed by atoms with Gasteiger partial charge in [-0.1, -0.05) is 26.0 Å². The Kier molecular flexibility index (Phi) is 5.58. The Labute approximate surface area is 142 Å². The summed E-state index contributed by atoms with van der Waals surface area (Å²) in [4.78, 5) is 16.0. The van der Waals surface area contributed by atoms with Gasteiger partial charge >= 0.3 is 6.09 Å². The molecular weight excluding hydrogens is 304 g/mol. The van der Waals surface area contributed by atoms with Crippen LogP contribution in [0.1, 0.15) is 36.5 Å². The number of benzene rings is 2. The van der Waals surface area contributed by atoms with E-state index in [2.05, 4.69) is 24.2 Å². The number of carbonyl (C=O) groups is 1. The maximum atomic E-state index is 11.4. The van der Waals surface area contributed by atoms with Crippen molar-refractivity contribution in [1.82, 2.24) is 5.32 Å². The molecule has 0 spiro atoms. The first kappa shape index (κ1) is 17.5. The van der Waals surface area contributed by atoms with Crippen molar-refractivity contribution in [2.45, 2.75) is 26.7 Å². The fraction of sp³-hybridized carbons (Fsp3) is 0.263. The monoisotopic (exact) mass is 326 g/mol. The largest absolute Gasteiger partial charge is 0.507 e. The van der Waals surface area contributed by atoms with Crippen LogP contribution in [0.2, 0.25) is 0 Å². The van der Waals surface area contributed by atoms with E-state index in [-0.39, 0.29) is 11.7 Å². The highest BCUT2D eigenvalue weighted by atomic mass is 16.5. The van der Waals surface area contributed by atoms with E-state index in [4.69, 9.17) is 4.74 Å². The number of phenolic OH excluding ortho intramolecular Hbond substituents is 1. The minimum absolute atomic E-state index is 0.185. The van der Waals surface area contributed by atoms with E-state index in [1.54, 1.807) is 30.5 Å². The number of para-hydroxylation sites is 1. The van der Waals surface area contributed by atoms with Gasteiger partial charge in [-0.3, -0.25) is 4.99 Å². The van der Waals surface area contributed by atoms with Crippen molar-refractivity contribution >= 4 is 18.0 Å². The zero-order valence-electron chi connectivity index (χ0n) is 14.3. The molecule has 0 fully saturated rings. The van der Waals surface area contributed by atoms with Crippen LogP contribution in [0, 0.1) is 6.92 Å². The number of ether oxygens (including phenoxy) is 1. The highest BCUT2D eigenvalue weighted by Crippen LogP contribution is 2.34. The first-order valence-electron chi connectivity index (χ1n) is 7.78. The molecule has 0 aliphatic rings. The van der Waals surface area contributed by atoms with Gasteiger partial charge in [0.1, 0.15) is 11.5 Å². The second kappa shape index (κ2) is 7.64. The second-order valence-corrected chi connectivity index (χ2v) is 5.79. The maximum Gasteiger partial charge on any atom is 0.412 e. The van der Waals surface area contributed by atoms with Crippen LogP contribution >= 0.6 is 0 Å². The minimum Gasteiger partial charge on any atom is -0.507 e. The van der Waals surface area contributed by atoms with E-state index in [0.29, 0.717) is 11.3 Å². The number of rotatable bonds is 4. The molecule has 2 aromatic carbocycles. The molecule has 0 atom stereocenters. The molecule has 5 nitrogen and oxygen atoms in total. The summed E-state index contributed by atoms with van der Waals surface area (Å²) >= 11 is 0. The molecule has 0 heterocycles. The number of hydrogen-bond donors (Lipinski definition) is 2. The SMILES string of the molecule is CNC(=O)Oc1cc(C)c(N=Cc2ccccc2O)c(C(C)C)c1. The molecule has 5 heteroatoms. The first-order chi connectivity index (χ1) is 11.4. The van der Waals surface area contributed by atoms with Crippen molar-refractivity contribution in [2.75, 3.05) is 7.05 Å². The van der Waals surface area contributed by atoms with E-state index in [1.807, 2.05) is 19.1 Å². The van der Waals surface area contributed by atoms with E-state index in [0.717, 1.165) is 16.8 Å². The predicted molar refractivity (Wildman–Crippen MR) is 95.7 cm³/mol. The highest BCUT2D eigenvalue weighted by Gasteiger charge is 2.13. The Bertz CT molecular complexity index is 767. The van der Waals surface area contributed by atoms with Crippen LogP contribution in [0.3, 0.4) is 0 Å². The minimum atomic E-state index is -0.505. The van der Waals surface area contributed by atoms with Crippen molar-refractivity contribution in [2.24, 2.45) is 4.99 Å². The average Bonchev–Trinajstić information content (AvgIpc) is 2.54. The van der Waals surface area contributed by atoms with E-state index in [1.165, 1.54) is 7.05 Å². The molecule has 0 radical (unpaired) electrons. The van der Waals surface area contributed by atoms with Crippen molar-refractivity contribution in [3.63, 3.8) is 0 Å². The fourth-order valence-electron chi connectivity index (χ4n) is 2.34. The summed E-state index contributed by atoms with van der Waals surface area (Å²) in [7, 11) is 1.52. The standard InChI is InChI=1S/C19H22N2O3/c1-12(2)16-10-15(24-19(23)20-4)9-13(3)18(16)21-11-14-7-5-6-8-17(14)22/h5-12,22H,1-4H3,(H,20,23). The summed E-state index contributed by atoms with van der Waals surface area (Å²) in [6, 6.07) is 10.6. The van der Waals surface area contributed by atoms with Crippen LogP contribution in [0.25, 0.3) is 0 Å². The van der Waals surface area contributed by atoms with E-state index < -0.39 is 6.09 Å². The first-order valence-corrected chi connectivity index (χ1v) is 7.78. The number of nitrogens with zero attached hydrogens (tertiary/aromatic N) is 1.